The summed E-state index contributed by atoms with van der Waals surface area (Å²) in [5.74, 6) is -0.391. The third kappa shape index (κ3) is 3.17. The summed E-state index contributed by atoms with van der Waals surface area (Å²) in [6.45, 7) is 0. The van der Waals surface area contributed by atoms with Crippen molar-refractivity contribution < 1.29 is 8.78 Å². The van der Waals surface area contributed by atoms with Crippen LogP contribution in [0.15, 0.2) is 18.2 Å². The molecule has 2 N–H and O–H groups in total. The third-order valence-electron chi connectivity index (χ3n) is 3.45. The van der Waals surface area contributed by atoms with E-state index >= 15 is 0 Å². The van der Waals surface area contributed by atoms with Crippen LogP contribution in [-0.4, -0.2) is 11.7 Å². The lowest BCUT2D eigenvalue weighted by atomic mass is 9.80. The lowest BCUT2D eigenvalue weighted by molar-refractivity contribution is 0.0995. The fraction of sp³-hybridized carbons (Fsp3) is 0.538. The van der Waals surface area contributed by atoms with Crippen molar-refractivity contribution in [3.8, 4) is 0 Å². The molecule has 1 aromatic rings. The Hall–Kier alpha value is -0.670. The van der Waals surface area contributed by atoms with Crippen molar-refractivity contribution in [3.63, 3.8) is 0 Å². The van der Waals surface area contributed by atoms with E-state index in [1.807, 2.05) is 0 Å². The van der Waals surface area contributed by atoms with E-state index < -0.39 is 11.5 Å². The van der Waals surface area contributed by atoms with Gasteiger partial charge >= 0.3 is 0 Å². The van der Waals surface area contributed by atoms with Gasteiger partial charge in [0.2, 0.25) is 0 Å². The number of benzene rings is 1. The lowest BCUT2D eigenvalue weighted by Crippen LogP contribution is -2.37. The maximum atomic E-state index is 14.5. The molecule has 0 radical (unpaired) electrons. The van der Waals surface area contributed by atoms with E-state index in [0.29, 0.717) is 36.3 Å². The molecular formula is C13H16ClF2N. The fourth-order valence-corrected chi connectivity index (χ4v) is 2.57. The van der Waals surface area contributed by atoms with Crippen molar-refractivity contribution in [2.75, 3.05) is 0 Å². The second kappa shape index (κ2) is 4.91. The molecule has 0 heterocycles. The van der Waals surface area contributed by atoms with Gasteiger partial charge in [-0.2, -0.15) is 0 Å². The van der Waals surface area contributed by atoms with E-state index in [0.717, 1.165) is 0 Å². The lowest BCUT2D eigenvalue weighted by Gasteiger charge is -2.32. The molecule has 0 aromatic heterocycles. The van der Waals surface area contributed by atoms with Crippen LogP contribution in [0.5, 0.6) is 0 Å². The van der Waals surface area contributed by atoms with Crippen molar-refractivity contribution in [2.24, 2.45) is 5.73 Å². The van der Waals surface area contributed by atoms with Crippen LogP contribution >= 0.6 is 11.6 Å². The monoisotopic (exact) mass is 259 g/mol. The van der Waals surface area contributed by atoms with Crippen LogP contribution in [0, 0.1) is 5.82 Å². The average molecular weight is 260 g/mol. The van der Waals surface area contributed by atoms with Gasteiger partial charge in [0.1, 0.15) is 11.5 Å². The Balaban J connectivity index is 2.09. The Bertz CT molecular complexity index is 400. The summed E-state index contributed by atoms with van der Waals surface area (Å²) in [6.07, 6.45) is 2.58. The summed E-state index contributed by atoms with van der Waals surface area (Å²) in [6, 6.07) is 4.23. The Morgan fingerprint density at radius 1 is 1.35 bits per heavy atom. The summed E-state index contributed by atoms with van der Waals surface area (Å²) >= 11 is 5.91. The number of rotatable bonds is 2. The zero-order valence-corrected chi connectivity index (χ0v) is 10.3. The molecule has 0 spiro atoms. The van der Waals surface area contributed by atoms with Crippen molar-refractivity contribution >= 4 is 11.6 Å². The molecule has 0 atom stereocenters. The second-order valence-corrected chi connectivity index (χ2v) is 5.31. The van der Waals surface area contributed by atoms with Crippen LogP contribution in [0.1, 0.15) is 31.2 Å². The Morgan fingerprint density at radius 2 is 2.00 bits per heavy atom. The zero-order valence-electron chi connectivity index (χ0n) is 9.56. The molecule has 1 aliphatic carbocycles. The molecule has 0 bridgehead atoms. The van der Waals surface area contributed by atoms with Gasteiger partial charge in [-0.3, -0.25) is 0 Å². The molecule has 17 heavy (non-hydrogen) atoms. The third-order valence-corrected chi connectivity index (χ3v) is 3.80. The summed E-state index contributed by atoms with van der Waals surface area (Å²) in [7, 11) is 0. The number of nitrogens with two attached hydrogens (primary N) is 1. The highest BCUT2D eigenvalue weighted by molar-refractivity contribution is 6.31. The molecule has 1 aliphatic rings. The molecule has 4 heteroatoms. The van der Waals surface area contributed by atoms with Crippen LogP contribution in [0.4, 0.5) is 8.78 Å². The number of alkyl halides is 1. The average Bonchev–Trinajstić information content (AvgIpc) is 2.27. The minimum Gasteiger partial charge on any atom is -0.328 e. The number of hydrogen-bond donors (Lipinski definition) is 1. The Morgan fingerprint density at radius 3 is 2.59 bits per heavy atom. The summed E-state index contributed by atoms with van der Waals surface area (Å²) < 4.78 is 27.4. The Kier molecular flexibility index (Phi) is 3.69. The maximum Gasteiger partial charge on any atom is 0.124 e. The highest BCUT2D eigenvalue weighted by Gasteiger charge is 2.34. The second-order valence-electron chi connectivity index (χ2n) is 4.90. The standard InChI is InChI=1S/C13H16ClF2N/c14-12-7-10(15)2-1-9(12)8-13(16)5-3-11(17)4-6-13/h1-2,7,11H,3-6,8,17H2. The molecule has 0 amide bonds. The highest BCUT2D eigenvalue weighted by Crippen LogP contribution is 2.36. The molecule has 94 valence electrons. The molecule has 1 aromatic carbocycles. The van der Waals surface area contributed by atoms with Gasteiger partial charge in [0.15, 0.2) is 0 Å². The zero-order chi connectivity index (χ0) is 12.5. The van der Waals surface area contributed by atoms with Gasteiger partial charge < -0.3 is 5.73 Å². The van der Waals surface area contributed by atoms with Gasteiger partial charge in [0.25, 0.3) is 0 Å². The minimum atomic E-state index is -1.24. The molecule has 2 rings (SSSR count). The summed E-state index contributed by atoms with van der Waals surface area (Å²) in [4.78, 5) is 0. The predicted molar refractivity (Wildman–Crippen MR) is 65.4 cm³/mol. The highest BCUT2D eigenvalue weighted by atomic mass is 35.5. The van der Waals surface area contributed by atoms with Gasteiger partial charge in [0.05, 0.1) is 0 Å². The first-order chi connectivity index (χ1) is 7.98. The predicted octanol–water partition coefficient (Wildman–Crippen LogP) is 3.63. The fourth-order valence-electron chi connectivity index (χ4n) is 2.34. The Labute approximate surface area is 105 Å². The first-order valence-corrected chi connectivity index (χ1v) is 6.25. The van der Waals surface area contributed by atoms with Crippen LogP contribution in [0.25, 0.3) is 0 Å². The van der Waals surface area contributed by atoms with Crippen molar-refractivity contribution in [3.05, 3.63) is 34.6 Å². The van der Waals surface area contributed by atoms with E-state index in [2.05, 4.69) is 0 Å². The first-order valence-electron chi connectivity index (χ1n) is 5.87. The van der Waals surface area contributed by atoms with E-state index in [4.69, 9.17) is 17.3 Å². The van der Waals surface area contributed by atoms with E-state index in [1.165, 1.54) is 12.1 Å². The van der Waals surface area contributed by atoms with Crippen molar-refractivity contribution in [1.82, 2.24) is 0 Å². The van der Waals surface area contributed by atoms with E-state index in [1.54, 1.807) is 6.07 Å². The van der Waals surface area contributed by atoms with Crippen LogP contribution in [0.3, 0.4) is 0 Å². The summed E-state index contributed by atoms with van der Waals surface area (Å²) in [5.41, 5.74) is 5.19. The minimum absolute atomic E-state index is 0.113. The van der Waals surface area contributed by atoms with Crippen LogP contribution < -0.4 is 5.73 Å². The molecular weight excluding hydrogens is 244 g/mol. The maximum absolute atomic E-state index is 14.5. The first kappa shape index (κ1) is 12.8. The quantitative estimate of drug-likeness (QED) is 0.862. The normalized spacial score (nSPS) is 29.3. The molecule has 0 aliphatic heterocycles. The SMILES string of the molecule is NC1CCC(F)(Cc2ccc(F)cc2Cl)CC1. The van der Waals surface area contributed by atoms with Crippen LogP contribution in [-0.2, 0) is 6.42 Å². The summed E-state index contributed by atoms with van der Waals surface area (Å²) in [5, 5.41) is 0.303. The van der Waals surface area contributed by atoms with Gasteiger partial charge in [0, 0.05) is 17.5 Å². The van der Waals surface area contributed by atoms with Gasteiger partial charge in [-0.25, -0.2) is 8.78 Å². The van der Waals surface area contributed by atoms with Crippen molar-refractivity contribution in [1.29, 1.82) is 0 Å². The number of hydrogen-bond acceptors (Lipinski definition) is 1. The van der Waals surface area contributed by atoms with Gasteiger partial charge in [-0.1, -0.05) is 17.7 Å². The molecule has 0 saturated heterocycles. The van der Waals surface area contributed by atoms with Crippen molar-refractivity contribution in [2.45, 2.75) is 43.8 Å². The topological polar surface area (TPSA) is 26.0 Å². The number of halogens is 3. The molecule has 1 saturated carbocycles. The molecule has 1 fully saturated rings. The van der Waals surface area contributed by atoms with E-state index in [9.17, 15) is 8.78 Å². The smallest absolute Gasteiger partial charge is 0.124 e. The molecule has 1 nitrogen and oxygen atoms in total. The molecule has 0 unspecified atom stereocenters. The largest absolute Gasteiger partial charge is 0.328 e. The van der Waals surface area contributed by atoms with Crippen LogP contribution in [0.2, 0.25) is 5.02 Å². The van der Waals surface area contributed by atoms with Gasteiger partial charge in [-0.15, -0.1) is 0 Å². The van der Waals surface area contributed by atoms with E-state index in [-0.39, 0.29) is 12.5 Å². The van der Waals surface area contributed by atoms with Gasteiger partial charge in [-0.05, 0) is 43.4 Å².